The van der Waals surface area contributed by atoms with Gasteiger partial charge < -0.3 is 15.0 Å². The average molecular weight is 607 g/mol. The van der Waals surface area contributed by atoms with Gasteiger partial charge in [-0.15, -0.1) is 0 Å². The van der Waals surface area contributed by atoms with Gasteiger partial charge in [-0.3, -0.25) is 13.9 Å². The van der Waals surface area contributed by atoms with E-state index in [-0.39, 0.29) is 29.0 Å². The number of methoxy groups -OCH3 is 1. The number of anilines is 1. The molecule has 214 valence electrons. The number of hydrogen-bond acceptors (Lipinski definition) is 5. The molecule has 0 spiro atoms. The molecule has 3 aromatic carbocycles. The number of amides is 2. The highest BCUT2D eigenvalue weighted by atomic mass is 35.5. The molecule has 0 radical (unpaired) electrons. The summed E-state index contributed by atoms with van der Waals surface area (Å²) in [5.41, 5.74) is 0.981. The normalized spacial score (nSPS) is 12.1. The number of sulfonamides is 1. The van der Waals surface area contributed by atoms with Gasteiger partial charge in [-0.05, 0) is 79.1 Å². The van der Waals surface area contributed by atoms with Crippen molar-refractivity contribution >= 4 is 50.7 Å². The second kappa shape index (κ2) is 13.9. The van der Waals surface area contributed by atoms with E-state index in [2.05, 4.69) is 5.32 Å². The van der Waals surface area contributed by atoms with Gasteiger partial charge in [0.15, 0.2) is 0 Å². The summed E-state index contributed by atoms with van der Waals surface area (Å²) in [7, 11) is -2.72. The largest absolute Gasteiger partial charge is 0.497 e. The molecule has 1 atom stereocenters. The highest BCUT2D eigenvalue weighted by molar-refractivity contribution is 7.92. The lowest BCUT2D eigenvalue weighted by molar-refractivity contribution is -0.139. The lowest BCUT2D eigenvalue weighted by Crippen LogP contribution is -2.51. The van der Waals surface area contributed by atoms with Crippen molar-refractivity contribution in [3.05, 3.63) is 88.4 Å². The van der Waals surface area contributed by atoms with E-state index < -0.39 is 28.5 Å². The molecule has 8 nitrogen and oxygen atoms in total. The van der Waals surface area contributed by atoms with E-state index >= 15 is 0 Å². The van der Waals surface area contributed by atoms with Crippen molar-refractivity contribution in [2.75, 3.05) is 24.5 Å². The minimum atomic E-state index is -4.20. The first-order valence-corrected chi connectivity index (χ1v) is 14.9. The standard InChI is InChI=1S/C29H33Cl2N3O5S/c1-20(2)17-32-29(36)21(3)33(18-22-5-7-23(30)8-6-22)28(35)19-34(25-11-9-24(31)10-12-25)40(37,38)27-15-13-26(39-4)14-16-27/h5-16,20-21H,17-19H2,1-4H3,(H,32,36)/t21-/m0/s1. The van der Waals surface area contributed by atoms with Gasteiger partial charge in [-0.25, -0.2) is 8.42 Å². The average Bonchev–Trinajstić information content (AvgIpc) is 2.94. The maximum absolute atomic E-state index is 13.9. The van der Waals surface area contributed by atoms with Gasteiger partial charge in [0.05, 0.1) is 17.7 Å². The Hall–Kier alpha value is -3.27. The Morgan fingerprint density at radius 1 is 0.875 bits per heavy atom. The Morgan fingerprint density at radius 2 is 1.43 bits per heavy atom. The number of halogens is 2. The van der Waals surface area contributed by atoms with Gasteiger partial charge in [0.1, 0.15) is 18.3 Å². The molecule has 0 heterocycles. The summed E-state index contributed by atoms with van der Waals surface area (Å²) in [6, 6.07) is 18.1. The van der Waals surface area contributed by atoms with Crippen molar-refractivity contribution in [1.29, 1.82) is 0 Å². The van der Waals surface area contributed by atoms with Crippen LogP contribution in [0.25, 0.3) is 0 Å². The van der Waals surface area contributed by atoms with Crippen LogP contribution in [0.1, 0.15) is 26.3 Å². The SMILES string of the molecule is COc1ccc(S(=O)(=O)N(CC(=O)N(Cc2ccc(Cl)cc2)[C@@H](C)C(=O)NCC(C)C)c2ccc(Cl)cc2)cc1. The van der Waals surface area contributed by atoms with Crippen LogP contribution in [0, 0.1) is 5.92 Å². The predicted octanol–water partition coefficient (Wildman–Crippen LogP) is 5.39. The number of carbonyl (C=O) groups excluding carboxylic acids is 2. The molecule has 0 aliphatic rings. The lowest BCUT2D eigenvalue weighted by Gasteiger charge is -2.32. The number of carbonyl (C=O) groups is 2. The highest BCUT2D eigenvalue weighted by Gasteiger charge is 2.32. The molecule has 0 aliphatic carbocycles. The molecular weight excluding hydrogens is 573 g/mol. The molecule has 0 bridgehead atoms. The fraction of sp³-hybridized carbons (Fsp3) is 0.310. The van der Waals surface area contributed by atoms with Gasteiger partial charge in [0, 0.05) is 23.1 Å². The Kier molecular flexibility index (Phi) is 10.8. The van der Waals surface area contributed by atoms with Crippen LogP contribution in [0.2, 0.25) is 10.0 Å². The third-order valence-corrected chi connectivity index (χ3v) is 8.45. The second-order valence-corrected chi connectivity index (χ2v) is 12.4. The van der Waals surface area contributed by atoms with Gasteiger partial charge in [0.2, 0.25) is 11.8 Å². The van der Waals surface area contributed by atoms with E-state index in [1.54, 1.807) is 43.3 Å². The van der Waals surface area contributed by atoms with Crippen LogP contribution in [0.15, 0.2) is 77.7 Å². The zero-order chi connectivity index (χ0) is 29.4. The van der Waals surface area contributed by atoms with E-state index in [4.69, 9.17) is 27.9 Å². The van der Waals surface area contributed by atoms with E-state index in [1.807, 2.05) is 13.8 Å². The molecule has 3 rings (SSSR count). The van der Waals surface area contributed by atoms with Gasteiger partial charge in [-0.1, -0.05) is 49.2 Å². The summed E-state index contributed by atoms with van der Waals surface area (Å²) in [5, 5.41) is 3.80. The van der Waals surface area contributed by atoms with Crippen molar-refractivity contribution in [3.63, 3.8) is 0 Å². The van der Waals surface area contributed by atoms with Gasteiger partial charge in [0.25, 0.3) is 10.0 Å². The molecule has 11 heteroatoms. The first-order chi connectivity index (χ1) is 18.9. The number of nitrogens with zero attached hydrogens (tertiary/aromatic N) is 2. The third kappa shape index (κ3) is 8.13. The molecular formula is C29H33Cl2N3O5S. The number of ether oxygens (including phenoxy) is 1. The predicted molar refractivity (Wildman–Crippen MR) is 158 cm³/mol. The van der Waals surface area contributed by atoms with Crippen LogP contribution in [-0.4, -0.2) is 51.4 Å². The topological polar surface area (TPSA) is 96.0 Å². The fourth-order valence-corrected chi connectivity index (χ4v) is 5.50. The summed E-state index contributed by atoms with van der Waals surface area (Å²) in [6.07, 6.45) is 0. The summed E-state index contributed by atoms with van der Waals surface area (Å²) in [5.74, 6) is -0.198. The smallest absolute Gasteiger partial charge is 0.264 e. The molecule has 0 aliphatic heterocycles. The van der Waals surface area contributed by atoms with Gasteiger partial charge in [-0.2, -0.15) is 0 Å². The summed E-state index contributed by atoms with van der Waals surface area (Å²) < 4.78 is 33.8. The van der Waals surface area contributed by atoms with Crippen LogP contribution < -0.4 is 14.4 Å². The highest BCUT2D eigenvalue weighted by Crippen LogP contribution is 2.27. The molecule has 1 N–H and O–H groups in total. The molecule has 0 saturated heterocycles. The quantitative estimate of drug-likeness (QED) is 0.299. The van der Waals surface area contributed by atoms with E-state index in [0.29, 0.717) is 22.3 Å². The number of nitrogens with one attached hydrogen (secondary N) is 1. The van der Waals surface area contributed by atoms with Crippen LogP contribution in [0.4, 0.5) is 5.69 Å². The number of rotatable bonds is 12. The molecule has 0 saturated carbocycles. The number of benzene rings is 3. The summed E-state index contributed by atoms with van der Waals surface area (Å²) in [6.45, 7) is 5.52. The van der Waals surface area contributed by atoms with Crippen LogP contribution >= 0.6 is 23.2 Å². The number of hydrogen-bond donors (Lipinski definition) is 1. The summed E-state index contributed by atoms with van der Waals surface area (Å²) >= 11 is 12.1. The Morgan fingerprint density at radius 3 is 1.95 bits per heavy atom. The van der Waals surface area contributed by atoms with Crippen LogP contribution in [0.5, 0.6) is 5.75 Å². The van der Waals surface area contributed by atoms with Crippen LogP contribution in [0.3, 0.4) is 0 Å². The summed E-state index contributed by atoms with van der Waals surface area (Å²) in [4.78, 5) is 28.3. The molecule has 3 aromatic rings. The maximum atomic E-state index is 13.9. The van der Waals surface area contributed by atoms with Crippen molar-refractivity contribution in [1.82, 2.24) is 10.2 Å². The van der Waals surface area contributed by atoms with E-state index in [0.717, 1.165) is 9.87 Å². The first-order valence-electron chi connectivity index (χ1n) is 12.7. The van der Waals surface area contributed by atoms with Crippen molar-refractivity contribution in [3.8, 4) is 5.75 Å². The molecule has 2 amide bonds. The third-order valence-electron chi connectivity index (χ3n) is 6.16. The zero-order valence-corrected chi connectivity index (χ0v) is 25.1. The van der Waals surface area contributed by atoms with Gasteiger partial charge >= 0.3 is 0 Å². The molecule has 40 heavy (non-hydrogen) atoms. The fourth-order valence-electron chi connectivity index (χ4n) is 3.83. The lowest BCUT2D eigenvalue weighted by atomic mass is 10.1. The minimum Gasteiger partial charge on any atom is -0.497 e. The van der Waals surface area contributed by atoms with E-state index in [1.165, 1.54) is 48.4 Å². The van der Waals surface area contributed by atoms with Crippen molar-refractivity contribution in [2.45, 2.75) is 38.3 Å². The Bertz CT molecular complexity index is 1400. The first kappa shape index (κ1) is 31.3. The molecule has 0 unspecified atom stereocenters. The Labute approximate surface area is 245 Å². The zero-order valence-electron chi connectivity index (χ0n) is 22.8. The van der Waals surface area contributed by atoms with Crippen molar-refractivity contribution < 1.29 is 22.7 Å². The second-order valence-electron chi connectivity index (χ2n) is 9.63. The molecule has 0 fully saturated rings. The monoisotopic (exact) mass is 605 g/mol. The van der Waals surface area contributed by atoms with E-state index in [9.17, 15) is 18.0 Å². The maximum Gasteiger partial charge on any atom is 0.264 e. The minimum absolute atomic E-state index is 0.0250. The van der Waals surface area contributed by atoms with Crippen molar-refractivity contribution in [2.24, 2.45) is 5.92 Å². The Balaban J connectivity index is 2.00. The molecule has 0 aromatic heterocycles. The van der Waals surface area contributed by atoms with Crippen LogP contribution in [-0.2, 0) is 26.2 Å².